The molecule has 0 aromatic heterocycles. The molecule has 1 amide bonds. The number of carbonyl (C=O) groups is 2. The van der Waals surface area contributed by atoms with Crippen LogP contribution >= 0.6 is 0 Å². The molecule has 0 aliphatic carbocycles. The number of amides is 1. The van der Waals surface area contributed by atoms with Gasteiger partial charge in [0.05, 0.1) is 0 Å². The molecule has 0 spiro atoms. The molecule has 2 aliphatic rings. The van der Waals surface area contributed by atoms with Gasteiger partial charge in [0.25, 0.3) is 5.91 Å². The van der Waals surface area contributed by atoms with Crippen molar-refractivity contribution in [3.05, 3.63) is 29.8 Å². The highest BCUT2D eigenvalue weighted by atomic mass is 16.5. The first kappa shape index (κ1) is 15.0. The first-order valence-corrected chi connectivity index (χ1v) is 7.89. The normalized spacial score (nSPS) is 24.0. The summed E-state index contributed by atoms with van der Waals surface area (Å²) in [5.74, 6) is 0.574. The number of ketones is 1. The third-order valence-corrected chi connectivity index (χ3v) is 4.48. The molecule has 2 heterocycles. The Morgan fingerprint density at radius 3 is 2.91 bits per heavy atom. The first-order valence-electron chi connectivity index (χ1n) is 7.89. The summed E-state index contributed by atoms with van der Waals surface area (Å²) in [6.07, 6.45) is 3.39. The molecular weight excluding hydrogens is 280 g/mol. The molecule has 1 N–H and O–H groups in total. The van der Waals surface area contributed by atoms with Crippen molar-refractivity contribution in [2.24, 2.45) is 0 Å². The van der Waals surface area contributed by atoms with Crippen LogP contribution in [-0.4, -0.2) is 48.4 Å². The first-order chi connectivity index (χ1) is 10.6. The summed E-state index contributed by atoms with van der Waals surface area (Å²) >= 11 is 0. The van der Waals surface area contributed by atoms with E-state index >= 15 is 0 Å². The van der Waals surface area contributed by atoms with E-state index in [1.54, 1.807) is 24.3 Å². The molecule has 2 atom stereocenters. The van der Waals surface area contributed by atoms with E-state index in [-0.39, 0.29) is 18.3 Å². The quantitative estimate of drug-likeness (QED) is 0.859. The number of benzene rings is 1. The molecule has 2 fully saturated rings. The van der Waals surface area contributed by atoms with Gasteiger partial charge in [-0.15, -0.1) is 0 Å². The summed E-state index contributed by atoms with van der Waals surface area (Å²) in [5, 5.41) is 3.56. The third kappa shape index (κ3) is 3.47. The molecule has 2 saturated heterocycles. The van der Waals surface area contributed by atoms with E-state index in [1.807, 2.05) is 4.90 Å². The minimum atomic E-state index is -0.00797. The molecule has 0 saturated carbocycles. The van der Waals surface area contributed by atoms with Crippen molar-refractivity contribution in [1.29, 1.82) is 0 Å². The number of likely N-dealkylation sites (tertiary alicyclic amines) is 1. The Hall–Kier alpha value is -1.88. The Kier molecular flexibility index (Phi) is 4.43. The van der Waals surface area contributed by atoms with E-state index in [1.165, 1.54) is 13.3 Å². The highest BCUT2D eigenvalue weighted by molar-refractivity contribution is 5.94. The number of rotatable bonds is 4. The maximum Gasteiger partial charge on any atom is 0.260 e. The molecule has 118 valence electrons. The molecule has 1 aromatic carbocycles. The fourth-order valence-corrected chi connectivity index (χ4v) is 3.21. The second-order valence-corrected chi connectivity index (χ2v) is 6.14. The van der Waals surface area contributed by atoms with Gasteiger partial charge in [0, 0.05) is 30.7 Å². The lowest BCUT2D eigenvalue weighted by Gasteiger charge is -2.24. The monoisotopic (exact) mass is 302 g/mol. The molecule has 1 aromatic rings. The van der Waals surface area contributed by atoms with E-state index in [9.17, 15) is 9.59 Å². The smallest absolute Gasteiger partial charge is 0.260 e. The fourth-order valence-electron chi connectivity index (χ4n) is 3.21. The van der Waals surface area contributed by atoms with Crippen LogP contribution in [0.2, 0.25) is 0 Å². The van der Waals surface area contributed by atoms with Crippen LogP contribution in [0.1, 0.15) is 36.5 Å². The van der Waals surface area contributed by atoms with Crippen LogP contribution in [-0.2, 0) is 4.79 Å². The Morgan fingerprint density at radius 1 is 1.27 bits per heavy atom. The van der Waals surface area contributed by atoms with Gasteiger partial charge in [-0.05, 0) is 38.3 Å². The number of hydrogen-bond acceptors (Lipinski definition) is 4. The standard InChI is InChI=1S/C17H22N2O3/c1-12(20)13-3-2-4-16(9-13)22-11-17(21)19-8-7-14-5-6-15(10-19)18-14/h2-4,9,14-15,18H,5-8,10-11H2,1H3. The van der Waals surface area contributed by atoms with E-state index in [0.29, 0.717) is 23.4 Å². The number of fused-ring (bicyclic) bond motifs is 2. The molecule has 22 heavy (non-hydrogen) atoms. The van der Waals surface area contributed by atoms with Crippen LogP contribution in [0.25, 0.3) is 0 Å². The summed E-state index contributed by atoms with van der Waals surface area (Å²) in [5.41, 5.74) is 0.598. The van der Waals surface area contributed by atoms with Crippen molar-refractivity contribution in [3.8, 4) is 5.75 Å². The van der Waals surface area contributed by atoms with E-state index < -0.39 is 0 Å². The Labute approximate surface area is 130 Å². The average molecular weight is 302 g/mol. The van der Waals surface area contributed by atoms with Gasteiger partial charge in [-0.3, -0.25) is 9.59 Å². The van der Waals surface area contributed by atoms with Crippen LogP contribution in [0.4, 0.5) is 0 Å². The van der Waals surface area contributed by atoms with Crippen LogP contribution in [0.3, 0.4) is 0 Å². The predicted octanol–water partition coefficient (Wildman–Crippen LogP) is 1.62. The molecule has 5 heteroatoms. The van der Waals surface area contributed by atoms with E-state index in [2.05, 4.69) is 5.32 Å². The summed E-state index contributed by atoms with van der Waals surface area (Å²) in [6.45, 7) is 3.11. The minimum absolute atomic E-state index is 0.00797. The van der Waals surface area contributed by atoms with Crippen molar-refractivity contribution in [2.45, 2.75) is 38.3 Å². The second kappa shape index (κ2) is 6.48. The van der Waals surface area contributed by atoms with Gasteiger partial charge in [0.1, 0.15) is 5.75 Å². The van der Waals surface area contributed by atoms with Crippen molar-refractivity contribution < 1.29 is 14.3 Å². The van der Waals surface area contributed by atoms with Crippen molar-refractivity contribution in [1.82, 2.24) is 10.2 Å². The van der Waals surface area contributed by atoms with Crippen LogP contribution in [0.15, 0.2) is 24.3 Å². The van der Waals surface area contributed by atoms with Crippen LogP contribution in [0.5, 0.6) is 5.75 Å². The van der Waals surface area contributed by atoms with Crippen molar-refractivity contribution >= 4 is 11.7 Å². The van der Waals surface area contributed by atoms with Crippen LogP contribution in [0, 0.1) is 0 Å². The molecule has 2 bridgehead atoms. The SMILES string of the molecule is CC(=O)c1cccc(OCC(=O)N2CCC3CCC(C2)N3)c1. The maximum absolute atomic E-state index is 12.3. The van der Waals surface area contributed by atoms with E-state index in [4.69, 9.17) is 4.74 Å². The predicted molar refractivity (Wildman–Crippen MR) is 83.1 cm³/mol. The highest BCUT2D eigenvalue weighted by Crippen LogP contribution is 2.20. The van der Waals surface area contributed by atoms with Gasteiger partial charge in [-0.25, -0.2) is 0 Å². The van der Waals surface area contributed by atoms with Gasteiger partial charge < -0.3 is 15.0 Å². The lowest BCUT2D eigenvalue weighted by Crippen LogP contribution is -2.41. The molecule has 3 rings (SSSR count). The second-order valence-electron chi connectivity index (χ2n) is 6.14. The minimum Gasteiger partial charge on any atom is -0.484 e. The van der Waals surface area contributed by atoms with Gasteiger partial charge in [-0.2, -0.15) is 0 Å². The molecule has 5 nitrogen and oxygen atoms in total. The summed E-state index contributed by atoms with van der Waals surface area (Å²) in [7, 11) is 0. The lowest BCUT2D eigenvalue weighted by molar-refractivity contribution is -0.133. The number of nitrogens with zero attached hydrogens (tertiary/aromatic N) is 1. The van der Waals surface area contributed by atoms with Crippen molar-refractivity contribution in [2.75, 3.05) is 19.7 Å². The summed E-state index contributed by atoms with van der Waals surface area (Å²) in [6, 6.07) is 7.96. The molecule has 2 unspecified atom stereocenters. The van der Waals surface area contributed by atoms with Gasteiger partial charge in [0.2, 0.25) is 0 Å². The third-order valence-electron chi connectivity index (χ3n) is 4.48. The fraction of sp³-hybridized carbons (Fsp3) is 0.529. The zero-order valence-electron chi connectivity index (χ0n) is 12.9. The van der Waals surface area contributed by atoms with Crippen molar-refractivity contribution in [3.63, 3.8) is 0 Å². The molecular formula is C17H22N2O3. The average Bonchev–Trinajstić information content (AvgIpc) is 2.84. The highest BCUT2D eigenvalue weighted by Gasteiger charge is 2.31. The van der Waals surface area contributed by atoms with Gasteiger partial charge in [0.15, 0.2) is 12.4 Å². The zero-order chi connectivity index (χ0) is 15.5. The number of nitrogens with one attached hydrogen (secondary N) is 1. The van der Waals surface area contributed by atoms with Gasteiger partial charge in [-0.1, -0.05) is 12.1 Å². The molecule has 0 radical (unpaired) electrons. The largest absolute Gasteiger partial charge is 0.484 e. The summed E-state index contributed by atoms with van der Waals surface area (Å²) < 4.78 is 5.57. The summed E-state index contributed by atoms with van der Waals surface area (Å²) in [4.78, 5) is 25.6. The maximum atomic E-state index is 12.3. The van der Waals surface area contributed by atoms with Gasteiger partial charge >= 0.3 is 0 Å². The van der Waals surface area contributed by atoms with E-state index in [0.717, 1.165) is 25.9 Å². The topological polar surface area (TPSA) is 58.6 Å². The Balaban J connectivity index is 1.55. The lowest BCUT2D eigenvalue weighted by atomic mass is 10.1. The number of ether oxygens (including phenoxy) is 1. The number of carbonyl (C=O) groups excluding carboxylic acids is 2. The van der Waals surface area contributed by atoms with Crippen LogP contribution < -0.4 is 10.1 Å². The number of hydrogen-bond donors (Lipinski definition) is 1. The number of Topliss-reactive ketones (excluding diaryl/α,β-unsaturated/α-hetero) is 1. The Morgan fingerprint density at radius 2 is 2.09 bits per heavy atom. The Bertz CT molecular complexity index is 573. The zero-order valence-corrected chi connectivity index (χ0v) is 12.9. The molecule has 2 aliphatic heterocycles.